The molecule has 2 rings (SSSR count). The first-order valence-electron chi connectivity index (χ1n) is 5.34. The summed E-state index contributed by atoms with van der Waals surface area (Å²) in [7, 11) is 0. The number of hydrogen-bond donors (Lipinski definition) is 0. The molecule has 0 aromatic carbocycles. The van der Waals surface area contributed by atoms with Crippen LogP contribution in [-0.2, 0) is 0 Å². The molecule has 1 fully saturated rings. The van der Waals surface area contributed by atoms with Gasteiger partial charge < -0.3 is 0 Å². The van der Waals surface area contributed by atoms with Gasteiger partial charge in [0.05, 0.1) is 0 Å². The average molecular weight is 164 g/mol. The maximum absolute atomic E-state index is 2.53. The summed E-state index contributed by atoms with van der Waals surface area (Å²) in [5.74, 6) is 3.91. The van der Waals surface area contributed by atoms with Gasteiger partial charge in [-0.15, -0.1) is 0 Å². The lowest BCUT2D eigenvalue weighted by molar-refractivity contribution is 0.377. The lowest BCUT2D eigenvalue weighted by Gasteiger charge is -2.14. The fourth-order valence-corrected chi connectivity index (χ4v) is 3.03. The summed E-state index contributed by atoms with van der Waals surface area (Å²) < 4.78 is 0. The van der Waals surface area contributed by atoms with Crippen molar-refractivity contribution in [1.29, 1.82) is 0 Å². The van der Waals surface area contributed by atoms with Gasteiger partial charge in [-0.25, -0.2) is 0 Å². The second kappa shape index (κ2) is 2.90. The summed E-state index contributed by atoms with van der Waals surface area (Å²) in [6, 6.07) is 0. The number of hydrogen-bond acceptors (Lipinski definition) is 0. The molecule has 0 amide bonds. The van der Waals surface area contributed by atoms with Crippen LogP contribution in [0.3, 0.4) is 0 Å². The Morgan fingerprint density at radius 2 is 2.08 bits per heavy atom. The molecule has 0 aromatic rings. The Kier molecular flexibility index (Phi) is 2.02. The summed E-state index contributed by atoms with van der Waals surface area (Å²) >= 11 is 0. The Balaban J connectivity index is 2.01. The fourth-order valence-electron chi connectivity index (χ4n) is 3.03. The van der Waals surface area contributed by atoms with Crippen molar-refractivity contribution in [3.63, 3.8) is 0 Å². The molecule has 0 bridgehead atoms. The van der Waals surface area contributed by atoms with Crippen molar-refractivity contribution in [2.45, 2.75) is 40.0 Å². The Morgan fingerprint density at radius 3 is 2.67 bits per heavy atom. The van der Waals surface area contributed by atoms with Crippen molar-refractivity contribution in [2.24, 2.45) is 23.7 Å². The summed E-state index contributed by atoms with van der Waals surface area (Å²) in [5, 5.41) is 0. The van der Waals surface area contributed by atoms with E-state index < -0.39 is 0 Å². The Hall–Kier alpha value is -0.260. The van der Waals surface area contributed by atoms with E-state index >= 15 is 0 Å². The molecule has 2 aliphatic rings. The lowest BCUT2D eigenvalue weighted by atomic mass is 9.92. The van der Waals surface area contributed by atoms with Crippen LogP contribution >= 0.6 is 0 Å². The molecule has 0 spiro atoms. The second-order valence-electron chi connectivity index (χ2n) is 5.12. The van der Waals surface area contributed by atoms with Gasteiger partial charge in [0, 0.05) is 0 Å². The molecule has 0 aliphatic heterocycles. The van der Waals surface area contributed by atoms with Crippen molar-refractivity contribution >= 4 is 0 Å². The van der Waals surface area contributed by atoms with E-state index in [1.807, 2.05) is 0 Å². The molecule has 0 aromatic heterocycles. The smallest absolute Gasteiger partial charge is 0.0197 e. The summed E-state index contributed by atoms with van der Waals surface area (Å²) in [4.78, 5) is 0. The molecule has 2 aliphatic carbocycles. The second-order valence-corrected chi connectivity index (χ2v) is 5.12. The number of rotatable bonds is 1. The molecule has 0 heteroatoms. The van der Waals surface area contributed by atoms with E-state index in [4.69, 9.17) is 0 Å². The highest BCUT2D eigenvalue weighted by Crippen LogP contribution is 2.47. The first-order chi connectivity index (χ1) is 5.66. The zero-order chi connectivity index (χ0) is 8.72. The van der Waals surface area contributed by atoms with Crippen LogP contribution in [0.5, 0.6) is 0 Å². The third-order valence-corrected chi connectivity index (χ3v) is 3.81. The molecule has 68 valence electrons. The van der Waals surface area contributed by atoms with Crippen LogP contribution in [-0.4, -0.2) is 0 Å². The van der Waals surface area contributed by atoms with Crippen LogP contribution in [0, 0.1) is 23.7 Å². The van der Waals surface area contributed by atoms with Gasteiger partial charge in [0.1, 0.15) is 0 Å². The van der Waals surface area contributed by atoms with Crippen LogP contribution in [0.25, 0.3) is 0 Å². The maximum atomic E-state index is 2.53. The predicted molar refractivity (Wildman–Crippen MR) is 52.9 cm³/mol. The first-order valence-corrected chi connectivity index (χ1v) is 5.34. The molecule has 3 unspecified atom stereocenters. The van der Waals surface area contributed by atoms with Gasteiger partial charge in [-0.05, 0) is 49.9 Å². The van der Waals surface area contributed by atoms with Gasteiger partial charge in [-0.3, -0.25) is 0 Å². The Labute approximate surface area is 76.1 Å². The highest BCUT2D eigenvalue weighted by molar-refractivity contribution is 5.14. The van der Waals surface area contributed by atoms with Crippen molar-refractivity contribution in [2.75, 3.05) is 0 Å². The predicted octanol–water partition coefficient (Wildman–Crippen LogP) is 3.63. The Morgan fingerprint density at radius 1 is 1.33 bits per heavy atom. The zero-order valence-electron chi connectivity index (χ0n) is 8.51. The highest BCUT2D eigenvalue weighted by Gasteiger charge is 2.36. The van der Waals surface area contributed by atoms with Crippen LogP contribution < -0.4 is 0 Å². The molecule has 0 nitrogen and oxygen atoms in total. The van der Waals surface area contributed by atoms with Crippen molar-refractivity contribution in [3.8, 4) is 0 Å². The summed E-state index contributed by atoms with van der Waals surface area (Å²) in [6.07, 6.45) is 6.90. The molecular weight excluding hydrogens is 144 g/mol. The third-order valence-electron chi connectivity index (χ3n) is 3.81. The zero-order valence-corrected chi connectivity index (χ0v) is 8.51. The molecule has 0 heterocycles. The number of allylic oxidation sites excluding steroid dienone is 2. The standard InChI is InChI=1S/C12H20/c1-8(2)10-6-11-4-9(3)5-12(11)7-10/h4,8,10-12H,5-7H2,1-3H3. The minimum atomic E-state index is 0.907. The van der Waals surface area contributed by atoms with E-state index in [1.165, 1.54) is 19.3 Å². The normalized spacial score (nSPS) is 40.3. The molecule has 0 N–H and O–H groups in total. The van der Waals surface area contributed by atoms with Crippen LogP contribution in [0.2, 0.25) is 0 Å². The monoisotopic (exact) mass is 164 g/mol. The topological polar surface area (TPSA) is 0 Å². The van der Waals surface area contributed by atoms with Gasteiger partial charge in [-0.2, -0.15) is 0 Å². The highest BCUT2D eigenvalue weighted by atomic mass is 14.4. The van der Waals surface area contributed by atoms with E-state index in [0.717, 1.165) is 23.7 Å². The average Bonchev–Trinajstić information content (AvgIpc) is 2.42. The summed E-state index contributed by atoms with van der Waals surface area (Å²) in [6.45, 7) is 7.05. The Bertz CT molecular complexity index is 200. The minimum absolute atomic E-state index is 0.907. The van der Waals surface area contributed by atoms with Gasteiger partial charge in [-0.1, -0.05) is 25.5 Å². The SMILES string of the molecule is CC1=CC2CC(C(C)C)CC2C1. The van der Waals surface area contributed by atoms with Crippen molar-refractivity contribution in [3.05, 3.63) is 11.6 Å². The van der Waals surface area contributed by atoms with Crippen LogP contribution in [0.1, 0.15) is 40.0 Å². The van der Waals surface area contributed by atoms with Gasteiger partial charge in [0.2, 0.25) is 0 Å². The largest absolute Gasteiger partial charge is 0.0822 e. The summed E-state index contributed by atoms with van der Waals surface area (Å²) in [5.41, 5.74) is 1.65. The van der Waals surface area contributed by atoms with Crippen molar-refractivity contribution < 1.29 is 0 Å². The van der Waals surface area contributed by atoms with E-state index in [2.05, 4.69) is 26.8 Å². The molecule has 1 saturated carbocycles. The number of fused-ring (bicyclic) bond motifs is 1. The molecule has 12 heavy (non-hydrogen) atoms. The third kappa shape index (κ3) is 1.32. The maximum Gasteiger partial charge on any atom is -0.0197 e. The van der Waals surface area contributed by atoms with Gasteiger partial charge >= 0.3 is 0 Å². The molecule has 3 atom stereocenters. The van der Waals surface area contributed by atoms with Gasteiger partial charge in [0.15, 0.2) is 0 Å². The van der Waals surface area contributed by atoms with E-state index in [0.29, 0.717) is 0 Å². The molecule has 0 radical (unpaired) electrons. The minimum Gasteiger partial charge on any atom is -0.0822 e. The molecule has 0 saturated heterocycles. The lowest BCUT2D eigenvalue weighted by Crippen LogP contribution is -2.04. The van der Waals surface area contributed by atoms with E-state index in [1.54, 1.807) is 5.57 Å². The van der Waals surface area contributed by atoms with Crippen LogP contribution in [0.4, 0.5) is 0 Å². The quantitative estimate of drug-likeness (QED) is 0.519. The fraction of sp³-hybridized carbons (Fsp3) is 0.833. The molecular formula is C12H20. The van der Waals surface area contributed by atoms with E-state index in [-0.39, 0.29) is 0 Å². The van der Waals surface area contributed by atoms with Crippen LogP contribution in [0.15, 0.2) is 11.6 Å². The van der Waals surface area contributed by atoms with Crippen molar-refractivity contribution in [1.82, 2.24) is 0 Å². The first kappa shape index (κ1) is 8.34. The van der Waals surface area contributed by atoms with Gasteiger partial charge in [0.25, 0.3) is 0 Å². The van der Waals surface area contributed by atoms with E-state index in [9.17, 15) is 0 Å².